The van der Waals surface area contributed by atoms with Crippen LogP contribution in [0.4, 0.5) is 4.79 Å². The molecule has 2 saturated heterocycles. The number of nitrogens with zero attached hydrogens (tertiary/aromatic N) is 1. The monoisotopic (exact) mass is 309 g/mol. The van der Waals surface area contributed by atoms with E-state index in [1.165, 1.54) is 11.3 Å². The Morgan fingerprint density at radius 3 is 3.14 bits per heavy atom. The summed E-state index contributed by atoms with van der Waals surface area (Å²) in [4.78, 5) is 26.9. The SMILES string of the molecule is O=C(NCCN1CCOC1=O)c1ccc([C@H]2CCCN2)s1. The fourth-order valence-electron chi connectivity index (χ4n) is 2.61. The number of thiophene rings is 1. The van der Waals surface area contributed by atoms with Gasteiger partial charge in [0.05, 0.1) is 11.4 Å². The highest BCUT2D eigenvalue weighted by Gasteiger charge is 2.22. The van der Waals surface area contributed by atoms with E-state index in [1.54, 1.807) is 16.2 Å². The van der Waals surface area contributed by atoms with Gasteiger partial charge >= 0.3 is 6.09 Å². The number of rotatable bonds is 5. The van der Waals surface area contributed by atoms with Crippen molar-refractivity contribution in [2.24, 2.45) is 0 Å². The molecule has 114 valence electrons. The minimum atomic E-state index is -0.296. The van der Waals surface area contributed by atoms with E-state index in [0.29, 0.717) is 32.3 Å². The molecule has 3 rings (SSSR count). The van der Waals surface area contributed by atoms with E-state index in [1.807, 2.05) is 12.1 Å². The molecule has 0 aliphatic carbocycles. The van der Waals surface area contributed by atoms with Crippen LogP contribution in [0.3, 0.4) is 0 Å². The zero-order chi connectivity index (χ0) is 14.7. The van der Waals surface area contributed by atoms with Gasteiger partial charge in [-0.3, -0.25) is 4.79 Å². The van der Waals surface area contributed by atoms with Crippen LogP contribution in [0.25, 0.3) is 0 Å². The van der Waals surface area contributed by atoms with Crippen LogP contribution in [-0.4, -0.2) is 49.7 Å². The molecule has 21 heavy (non-hydrogen) atoms. The standard InChI is InChI=1S/C14H19N3O3S/c18-13(16-6-7-17-8-9-20-14(17)19)12-4-3-11(21-12)10-2-1-5-15-10/h3-4,10,15H,1-2,5-9H2,(H,16,18)/t10-/m1/s1. The Hall–Kier alpha value is -1.60. The topological polar surface area (TPSA) is 70.7 Å². The Morgan fingerprint density at radius 1 is 1.52 bits per heavy atom. The van der Waals surface area contributed by atoms with Crippen LogP contribution in [0, 0.1) is 0 Å². The summed E-state index contributed by atoms with van der Waals surface area (Å²) in [5.74, 6) is -0.0724. The van der Waals surface area contributed by atoms with E-state index in [0.717, 1.165) is 17.8 Å². The predicted octanol–water partition coefficient (Wildman–Crippen LogP) is 1.35. The quantitative estimate of drug-likeness (QED) is 0.861. The lowest BCUT2D eigenvalue weighted by Gasteiger charge is -2.12. The molecule has 1 aromatic heterocycles. The van der Waals surface area contributed by atoms with E-state index in [4.69, 9.17) is 4.74 Å². The third kappa shape index (κ3) is 3.36. The molecule has 2 amide bonds. The van der Waals surface area contributed by atoms with Crippen LogP contribution < -0.4 is 10.6 Å². The molecule has 0 aromatic carbocycles. The van der Waals surface area contributed by atoms with Crippen molar-refractivity contribution in [2.75, 3.05) is 32.8 Å². The summed E-state index contributed by atoms with van der Waals surface area (Å²) in [6, 6.07) is 4.30. The van der Waals surface area contributed by atoms with Crippen molar-refractivity contribution in [3.05, 3.63) is 21.9 Å². The normalized spacial score (nSPS) is 21.6. The Morgan fingerprint density at radius 2 is 2.43 bits per heavy atom. The molecule has 1 aromatic rings. The zero-order valence-corrected chi connectivity index (χ0v) is 12.6. The Bertz CT molecular complexity index is 525. The van der Waals surface area contributed by atoms with Gasteiger partial charge < -0.3 is 20.3 Å². The average molecular weight is 309 g/mol. The summed E-state index contributed by atoms with van der Waals surface area (Å²) in [5.41, 5.74) is 0. The highest BCUT2D eigenvalue weighted by atomic mass is 32.1. The van der Waals surface area contributed by atoms with Crippen LogP contribution >= 0.6 is 11.3 Å². The molecule has 0 bridgehead atoms. The van der Waals surface area contributed by atoms with Gasteiger partial charge in [0.1, 0.15) is 6.61 Å². The van der Waals surface area contributed by atoms with Gasteiger partial charge in [0.25, 0.3) is 5.91 Å². The van der Waals surface area contributed by atoms with Crippen LogP contribution in [0.1, 0.15) is 33.4 Å². The largest absolute Gasteiger partial charge is 0.448 e. The van der Waals surface area contributed by atoms with Crippen molar-refractivity contribution in [3.8, 4) is 0 Å². The summed E-state index contributed by atoms with van der Waals surface area (Å²) >= 11 is 1.54. The molecular formula is C14H19N3O3S. The summed E-state index contributed by atoms with van der Waals surface area (Å²) in [7, 11) is 0. The number of hydrogen-bond donors (Lipinski definition) is 2. The van der Waals surface area contributed by atoms with Gasteiger partial charge in [0, 0.05) is 24.0 Å². The van der Waals surface area contributed by atoms with E-state index in [9.17, 15) is 9.59 Å². The minimum Gasteiger partial charge on any atom is -0.448 e. The molecular weight excluding hydrogens is 290 g/mol. The van der Waals surface area contributed by atoms with E-state index in [-0.39, 0.29) is 12.0 Å². The Labute approximate surface area is 127 Å². The summed E-state index contributed by atoms with van der Waals surface area (Å²) in [5, 5.41) is 6.28. The third-order valence-corrected chi connectivity index (χ3v) is 4.96. The first-order valence-electron chi connectivity index (χ1n) is 7.27. The first-order chi connectivity index (χ1) is 10.2. The lowest BCUT2D eigenvalue weighted by atomic mass is 10.2. The van der Waals surface area contributed by atoms with Crippen molar-refractivity contribution in [3.63, 3.8) is 0 Å². The molecule has 0 saturated carbocycles. The number of ether oxygens (including phenoxy) is 1. The van der Waals surface area contributed by atoms with Crippen LogP contribution in [0.5, 0.6) is 0 Å². The van der Waals surface area contributed by atoms with Gasteiger partial charge in [-0.2, -0.15) is 0 Å². The lowest BCUT2D eigenvalue weighted by Crippen LogP contribution is -2.35. The fourth-order valence-corrected chi connectivity index (χ4v) is 3.64. The maximum absolute atomic E-state index is 12.1. The molecule has 6 nitrogen and oxygen atoms in total. The Kier molecular flexibility index (Phi) is 4.40. The number of amides is 2. The van der Waals surface area contributed by atoms with Gasteiger partial charge in [-0.25, -0.2) is 4.79 Å². The minimum absolute atomic E-state index is 0.0724. The lowest BCUT2D eigenvalue weighted by molar-refractivity contribution is 0.0953. The second-order valence-electron chi connectivity index (χ2n) is 5.21. The average Bonchev–Trinajstić information content (AvgIpc) is 3.19. The number of cyclic esters (lactones) is 1. The fraction of sp³-hybridized carbons (Fsp3) is 0.571. The molecule has 2 N–H and O–H groups in total. The maximum Gasteiger partial charge on any atom is 0.409 e. The second kappa shape index (κ2) is 6.44. The molecule has 0 spiro atoms. The highest BCUT2D eigenvalue weighted by molar-refractivity contribution is 7.14. The maximum atomic E-state index is 12.1. The molecule has 3 heterocycles. The number of nitrogens with one attached hydrogen (secondary N) is 2. The second-order valence-corrected chi connectivity index (χ2v) is 6.32. The Balaban J connectivity index is 1.47. The van der Waals surface area contributed by atoms with E-state index >= 15 is 0 Å². The first kappa shape index (κ1) is 14.3. The van der Waals surface area contributed by atoms with Gasteiger partial charge in [0.15, 0.2) is 0 Å². The molecule has 1 atom stereocenters. The van der Waals surface area contributed by atoms with Crippen molar-refractivity contribution in [1.29, 1.82) is 0 Å². The van der Waals surface area contributed by atoms with Crippen LogP contribution in [-0.2, 0) is 4.74 Å². The summed E-state index contributed by atoms with van der Waals surface area (Å²) in [6.45, 7) is 3.03. The molecule has 7 heteroatoms. The van der Waals surface area contributed by atoms with Gasteiger partial charge in [-0.05, 0) is 31.5 Å². The van der Waals surface area contributed by atoms with Crippen molar-refractivity contribution < 1.29 is 14.3 Å². The van der Waals surface area contributed by atoms with E-state index < -0.39 is 0 Å². The van der Waals surface area contributed by atoms with Crippen molar-refractivity contribution >= 4 is 23.3 Å². The zero-order valence-electron chi connectivity index (χ0n) is 11.8. The smallest absolute Gasteiger partial charge is 0.409 e. The van der Waals surface area contributed by atoms with Gasteiger partial charge in [0.2, 0.25) is 0 Å². The summed E-state index contributed by atoms with van der Waals surface area (Å²) < 4.78 is 4.84. The highest BCUT2D eigenvalue weighted by Crippen LogP contribution is 2.29. The molecule has 2 fully saturated rings. The molecule has 2 aliphatic heterocycles. The van der Waals surface area contributed by atoms with Crippen LogP contribution in [0.15, 0.2) is 12.1 Å². The number of carbonyl (C=O) groups is 2. The summed E-state index contributed by atoms with van der Waals surface area (Å²) in [6.07, 6.45) is 2.03. The van der Waals surface area contributed by atoms with Gasteiger partial charge in [-0.15, -0.1) is 11.3 Å². The first-order valence-corrected chi connectivity index (χ1v) is 8.09. The molecule has 0 unspecified atom stereocenters. The van der Waals surface area contributed by atoms with E-state index in [2.05, 4.69) is 10.6 Å². The van der Waals surface area contributed by atoms with Gasteiger partial charge in [-0.1, -0.05) is 0 Å². The predicted molar refractivity (Wildman–Crippen MR) is 79.6 cm³/mol. The number of carbonyl (C=O) groups excluding carboxylic acids is 2. The van der Waals surface area contributed by atoms with Crippen molar-refractivity contribution in [1.82, 2.24) is 15.5 Å². The van der Waals surface area contributed by atoms with Crippen molar-refractivity contribution in [2.45, 2.75) is 18.9 Å². The molecule has 0 radical (unpaired) electrons. The third-order valence-electron chi connectivity index (χ3n) is 3.77. The molecule has 2 aliphatic rings. The van der Waals surface area contributed by atoms with Crippen LogP contribution in [0.2, 0.25) is 0 Å². The number of hydrogen-bond acceptors (Lipinski definition) is 5.